The highest BCUT2D eigenvalue weighted by molar-refractivity contribution is 5.49. The summed E-state index contributed by atoms with van der Waals surface area (Å²) in [5.74, 6) is 0.854. The number of anilines is 1. The Balaban J connectivity index is 1.21. The lowest BCUT2D eigenvalue weighted by atomic mass is 10.1. The van der Waals surface area contributed by atoms with Crippen molar-refractivity contribution in [2.24, 2.45) is 0 Å². The number of ether oxygens (including phenoxy) is 1. The number of nitrogens with zero attached hydrogens (tertiary/aromatic N) is 2. The van der Waals surface area contributed by atoms with Crippen molar-refractivity contribution in [2.45, 2.75) is 19.2 Å². The van der Waals surface area contributed by atoms with E-state index in [2.05, 4.69) is 21.9 Å². The van der Waals surface area contributed by atoms with Crippen molar-refractivity contribution in [3.63, 3.8) is 0 Å². The van der Waals surface area contributed by atoms with Crippen LogP contribution in [0.2, 0.25) is 0 Å². The first-order chi connectivity index (χ1) is 15.5. The minimum Gasteiger partial charge on any atom is -0.489 e. The lowest BCUT2D eigenvalue weighted by molar-refractivity contribution is -0.137. The van der Waals surface area contributed by atoms with Crippen molar-refractivity contribution in [1.29, 1.82) is 0 Å². The van der Waals surface area contributed by atoms with E-state index in [1.807, 2.05) is 42.5 Å². The van der Waals surface area contributed by atoms with Crippen LogP contribution in [0.3, 0.4) is 0 Å². The molecule has 32 heavy (non-hydrogen) atoms. The Morgan fingerprint density at radius 2 is 1.38 bits per heavy atom. The summed E-state index contributed by atoms with van der Waals surface area (Å²) in [4.78, 5) is 4.72. The number of piperazine rings is 1. The van der Waals surface area contributed by atoms with Crippen LogP contribution in [0.25, 0.3) is 0 Å². The standard InChI is InChI=1S/C26H27F3N2O/c27-26(28,29)23-8-6-21(7-9-23)14-15-30-16-18-31(19-17-30)24-10-12-25(13-11-24)32-20-22-4-2-1-3-5-22/h1-13H,14-20H2. The Morgan fingerprint density at radius 1 is 0.719 bits per heavy atom. The molecule has 3 nitrogen and oxygen atoms in total. The minimum atomic E-state index is -4.28. The normalized spacial score (nSPS) is 15.0. The molecule has 0 radical (unpaired) electrons. The first-order valence-electron chi connectivity index (χ1n) is 10.9. The van der Waals surface area contributed by atoms with E-state index in [0.717, 1.165) is 56.0 Å². The van der Waals surface area contributed by atoms with Crippen LogP contribution in [0.15, 0.2) is 78.9 Å². The van der Waals surface area contributed by atoms with Gasteiger partial charge in [-0.25, -0.2) is 0 Å². The van der Waals surface area contributed by atoms with Gasteiger partial charge in [0.1, 0.15) is 12.4 Å². The summed E-state index contributed by atoms with van der Waals surface area (Å²) in [5.41, 5.74) is 2.67. The Labute approximate surface area is 187 Å². The van der Waals surface area contributed by atoms with Crippen LogP contribution in [0.1, 0.15) is 16.7 Å². The first kappa shape index (κ1) is 22.2. The van der Waals surface area contributed by atoms with E-state index in [0.29, 0.717) is 6.61 Å². The molecule has 1 aliphatic rings. The highest BCUT2D eigenvalue weighted by atomic mass is 19.4. The fourth-order valence-electron chi connectivity index (χ4n) is 3.87. The Bertz CT molecular complexity index is 965. The van der Waals surface area contributed by atoms with Crippen LogP contribution in [0, 0.1) is 0 Å². The second-order valence-corrected chi connectivity index (χ2v) is 8.04. The van der Waals surface area contributed by atoms with E-state index in [1.54, 1.807) is 12.1 Å². The zero-order valence-electron chi connectivity index (χ0n) is 17.9. The van der Waals surface area contributed by atoms with Gasteiger partial charge in [-0.15, -0.1) is 0 Å². The molecule has 168 valence electrons. The van der Waals surface area contributed by atoms with Crippen LogP contribution < -0.4 is 9.64 Å². The van der Waals surface area contributed by atoms with Crippen molar-refractivity contribution in [2.75, 3.05) is 37.6 Å². The van der Waals surface area contributed by atoms with Crippen molar-refractivity contribution >= 4 is 5.69 Å². The first-order valence-corrected chi connectivity index (χ1v) is 10.9. The summed E-state index contributed by atoms with van der Waals surface area (Å²) in [6.45, 7) is 5.14. The predicted molar refractivity (Wildman–Crippen MR) is 121 cm³/mol. The molecule has 3 aromatic carbocycles. The maximum Gasteiger partial charge on any atom is 0.416 e. The topological polar surface area (TPSA) is 15.7 Å². The Morgan fingerprint density at radius 3 is 2.00 bits per heavy atom. The number of benzene rings is 3. The highest BCUT2D eigenvalue weighted by Gasteiger charge is 2.29. The average molecular weight is 441 g/mol. The maximum absolute atomic E-state index is 12.7. The number of hydrogen-bond acceptors (Lipinski definition) is 3. The van der Waals surface area contributed by atoms with Crippen LogP contribution in [0.5, 0.6) is 5.75 Å². The third-order valence-corrected chi connectivity index (χ3v) is 5.82. The van der Waals surface area contributed by atoms with Gasteiger partial charge in [-0.3, -0.25) is 4.90 Å². The van der Waals surface area contributed by atoms with Gasteiger partial charge in [0.2, 0.25) is 0 Å². The van der Waals surface area contributed by atoms with Crippen molar-refractivity contribution in [1.82, 2.24) is 4.90 Å². The summed E-state index contributed by atoms with van der Waals surface area (Å²) < 4.78 is 43.9. The van der Waals surface area contributed by atoms with Gasteiger partial charge in [0.05, 0.1) is 5.56 Å². The average Bonchev–Trinajstić information content (AvgIpc) is 2.82. The number of halogens is 3. The molecular formula is C26H27F3N2O. The number of alkyl halides is 3. The molecular weight excluding hydrogens is 413 g/mol. The number of rotatable bonds is 7. The molecule has 0 N–H and O–H groups in total. The molecule has 4 rings (SSSR count). The zero-order valence-corrected chi connectivity index (χ0v) is 17.9. The van der Waals surface area contributed by atoms with E-state index >= 15 is 0 Å². The van der Waals surface area contributed by atoms with Gasteiger partial charge in [-0.2, -0.15) is 13.2 Å². The molecule has 0 unspecified atom stereocenters. The van der Waals surface area contributed by atoms with Crippen molar-refractivity contribution in [3.8, 4) is 5.75 Å². The molecule has 0 bridgehead atoms. The van der Waals surface area contributed by atoms with Crippen LogP contribution in [-0.2, 0) is 19.2 Å². The van der Waals surface area contributed by atoms with Gasteiger partial charge in [0.15, 0.2) is 0 Å². The molecule has 1 fully saturated rings. The van der Waals surface area contributed by atoms with Gasteiger partial charge < -0.3 is 9.64 Å². The van der Waals surface area contributed by atoms with Crippen LogP contribution in [-0.4, -0.2) is 37.6 Å². The van der Waals surface area contributed by atoms with Gasteiger partial charge in [0.25, 0.3) is 0 Å². The van der Waals surface area contributed by atoms with Gasteiger partial charge in [0, 0.05) is 38.4 Å². The SMILES string of the molecule is FC(F)(F)c1ccc(CCN2CCN(c3ccc(OCc4ccccc4)cc3)CC2)cc1. The zero-order chi connectivity index (χ0) is 22.4. The van der Waals surface area contributed by atoms with Crippen molar-refractivity contribution in [3.05, 3.63) is 95.6 Å². The summed E-state index contributed by atoms with van der Waals surface area (Å²) in [7, 11) is 0. The predicted octanol–water partition coefficient (Wildman–Crippen LogP) is 5.65. The van der Waals surface area contributed by atoms with E-state index in [9.17, 15) is 13.2 Å². The third kappa shape index (κ3) is 6.04. The molecule has 1 heterocycles. The summed E-state index contributed by atoms with van der Waals surface area (Å²) in [5, 5.41) is 0. The van der Waals surface area contributed by atoms with Gasteiger partial charge in [-0.05, 0) is 53.9 Å². The molecule has 0 aromatic heterocycles. The Kier molecular flexibility index (Phi) is 7.00. The van der Waals surface area contributed by atoms with Gasteiger partial charge >= 0.3 is 6.18 Å². The van der Waals surface area contributed by atoms with Gasteiger partial charge in [-0.1, -0.05) is 42.5 Å². The molecule has 0 spiro atoms. The Hall–Kier alpha value is -2.99. The molecule has 3 aromatic rings. The van der Waals surface area contributed by atoms with E-state index in [-0.39, 0.29) is 0 Å². The van der Waals surface area contributed by atoms with Crippen molar-refractivity contribution < 1.29 is 17.9 Å². The number of hydrogen-bond donors (Lipinski definition) is 0. The molecule has 0 saturated carbocycles. The van der Waals surface area contributed by atoms with E-state index < -0.39 is 11.7 Å². The fraction of sp³-hybridized carbons (Fsp3) is 0.308. The highest BCUT2D eigenvalue weighted by Crippen LogP contribution is 2.29. The van der Waals surface area contributed by atoms with E-state index in [1.165, 1.54) is 17.8 Å². The largest absolute Gasteiger partial charge is 0.489 e. The second-order valence-electron chi connectivity index (χ2n) is 8.04. The summed E-state index contributed by atoms with van der Waals surface area (Å²) in [6, 6.07) is 23.8. The lowest BCUT2D eigenvalue weighted by Crippen LogP contribution is -2.46. The minimum absolute atomic E-state index is 0.553. The van der Waals surface area contributed by atoms with Crippen LogP contribution >= 0.6 is 0 Å². The molecule has 0 aliphatic carbocycles. The smallest absolute Gasteiger partial charge is 0.416 e. The summed E-state index contributed by atoms with van der Waals surface area (Å²) >= 11 is 0. The van der Waals surface area contributed by atoms with Crippen LogP contribution in [0.4, 0.5) is 18.9 Å². The molecule has 0 amide bonds. The lowest BCUT2D eigenvalue weighted by Gasteiger charge is -2.36. The second kappa shape index (κ2) is 10.1. The molecule has 1 saturated heterocycles. The molecule has 1 aliphatic heterocycles. The maximum atomic E-state index is 12.7. The molecule has 6 heteroatoms. The third-order valence-electron chi connectivity index (χ3n) is 5.82. The quantitative estimate of drug-likeness (QED) is 0.472. The van der Waals surface area contributed by atoms with E-state index in [4.69, 9.17) is 4.74 Å². The molecule has 0 atom stereocenters. The fourth-order valence-corrected chi connectivity index (χ4v) is 3.87. The summed E-state index contributed by atoms with van der Waals surface area (Å²) in [6.07, 6.45) is -3.52. The monoisotopic (exact) mass is 440 g/mol.